The Labute approximate surface area is 178 Å². The molecule has 5 rings (SSSR count). The number of carbonyl (C=O) groups is 1. The van der Waals surface area contributed by atoms with E-state index in [1.807, 2.05) is 54.6 Å². The van der Waals surface area contributed by atoms with E-state index >= 15 is 0 Å². The molecular formula is C23H19ClN4O2. The molecule has 150 valence electrons. The van der Waals surface area contributed by atoms with Crippen molar-refractivity contribution in [2.75, 3.05) is 11.9 Å². The van der Waals surface area contributed by atoms with Crippen molar-refractivity contribution in [3.63, 3.8) is 0 Å². The third-order valence-electron chi connectivity index (χ3n) is 5.35. The van der Waals surface area contributed by atoms with E-state index in [4.69, 9.17) is 16.1 Å². The lowest BCUT2D eigenvalue weighted by Gasteiger charge is -2.22. The number of urea groups is 1. The molecule has 1 aliphatic heterocycles. The molecule has 0 saturated carbocycles. The maximum Gasteiger partial charge on any atom is 0.322 e. The van der Waals surface area contributed by atoms with Crippen LogP contribution in [0, 0.1) is 0 Å². The number of nitrogens with zero attached hydrogens (tertiary/aromatic N) is 3. The summed E-state index contributed by atoms with van der Waals surface area (Å²) in [6.07, 6.45) is 1.66. The number of likely N-dealkylation sites (tertiary alicyclic amines) is 1. The van der Waals surface area contributed by atoms with Gasteiger partial charge in [-0.15, -0.1) is 0 Å². The standard InChI is InChI=1S/C23H19ClN4O2/c24-17-9-3-8-16(14-17)21-26-22(30-27-21)20-12-5-13-28(20)23(29)25-19-11-4-7-15-6-1-2-10-18(15)19/h1-4,6-11,14,20H,5,12-13H2,(H,25,29)/t20-/m0/s1. The fourth-order valence-corrected chi connectivity index (χ4v) is 4.09. The van der Waals surface area contributed by atoms with Crippen molar-refractivity contribution in [2.45, 2.75) is 18.9 Å². The fraction of sp³-hybridized carbons (Fsp3) is 0.174. The van der Waals surface area contributed by atoms with Crippen molar-refractivity contribution < 1.29 is 9.32 Å². The summed E-state index contributed by atoms with van der Waals surface area (Å²) in [7, 11) is 0. The second-order valence-corrected chi connectivity index (χ2v) is 7.71. The Balaban J connectivity index is 1.38. The van der Waals surface area contributed by atoms with Gasteiger partial charge in [0.2, 0.25) is 11.7 Å². The smallest absolute Gasteiger partial charge is 0.322 e. The molecule has 3 aromatic carbocycles. The number of halogens is 1. The summed E-state index contributed by atoms with van der Waals surface area (Å²) in [6, 6.07) is 20.7. The second kappa shape index (κ2) is 7.80. The Hall–Kier alpha value is -3.38. The minimum Gasteiger partial charge on any atom is -0.337 e. The average Bonchev–Trinajstić information content (AvgIpc) is 3.44. The molecule has 4 aromatic rings. The number of carbonyl (C=O) groups excluding carboxylic acids is 1. The van der Waals surface area contributed by atoms with Crippen molar-refractivity contribution >= 4 is 34.1 Å². The molecule has 6 nitrogen and oxygen atoms in total. The van der Waals surface area contributed by atoms with Gasteiger partial charge in [-0.3, -0.25) is 0 Å². The topological polar surface area (TPSA) is 71.3 Å². The number of amides is 2. The molecule has 1 atom stereocenters. The van der Waals surface area contributed by atoms with Gasteiger partial charge in [-0.05, 0) is 36.4 Å². The van der Waals surface area contributed by atoms with Crippen molar-refractivity contribution in [3.8, 4) is 11.4 Å². The van der Waals surface area contributed by atoms with Crippen molar-refractivity contribution in [2.24, 2.45) is 0 Å². The first-order valence-electron chi connectivity index (χ1n) is 9.84. The SMILES string of the molecule is O=C(Nc1cccc2ccccc12)N1CCC[C@H]1c1nc(-c2cccc(Cl)c2)no1. The third kappa shape index (κ3) is 3.50. The Morgan fingerprint density at radius 1 is 1.10 bits per heavy atom. The number of rotatable bonds is 3. The molecule has 2 heterocycles. The van der Waals surface area contributed by atoms with Gasteiger partial charge in [-0.1, -0.05) is 65.3 Å². The third-order valence-corrected chi connectivity index (χ3v) is 5.59. The average molecular weight is 419 g/mol. The van der Waals surface area contributed by atoms with Crippen molar-refractivity contribution in [1.82, 2.24) is 15.0 Å². The summed E-state index contributed by atoms with van der Waals surface area (Å²) in [5, 5.41) is 9.83. The van der Waals surface area contributed by atoms with Crippen LogP contribution in [0.4, 0.5) is 10.5 Å². The van der Waals surface area contributed by atoms with Crippen LogP contribution in [0.1, 0.15) is 24.8 Å². The molecule has 0 bridgehead atoms. The fourth-order valence-electron chi connectivity index (χ4n) is 3.90. The molecule has 0 aliphatic carbocycles. The van der Waals surface area contributed by atoms with Crippen LogP contribution in [0.3, 0.4) is 0 Å². The highest BCUT2D eigenvalue weighted by molar-refractivity contribution is 6.30. The van der Waals surface area contributed by atoms with Gasteiger partial charge in [0, 0.05) is 22.5 Å². The Kier molecular flexibility index (Phi) is 4.85. The van der Waals surface area contributed by atoms with Crippen LogP contribution in [0.25, 0.3) is 22.2 Å². The summed E-state index contributed by atoms with van der Waals surface area (Å²) in [5.74, 6) is 0.907. The van der Waals surface area contributed by atoms with Gasteiger partial charge in [0.25, 0.3) is 0 Å². The second-order valence-electron chi connectivity index (χ2n) is 7.27. The van der Waals surface area contributed by atoms with E-state index in [1.54, 1.807) is 17.0 Å². The van der Waals surface area contributed by atoms with Crippen LogP contribution in [-0.4, -0.2) is 27.6 Å². The summed E-state index contributed by atoms with van der Waals surface area (Å²) in [5.41, 5.74) is 1.57. The zero-order valence-electron chi connectivity index (χ0n) is 16.1. The zero-order chi connectivity index (χ0) is 20.5. The molecule has 1 saturated heterocycles. The van der Waals surface area contributed by atoms with Crippen molar-refractivity contribution in [1.29, 1.82) is 0 Å². The highest BCUT2D eigenvalue weighted by atomic mass is 35.5. The van der Waals surface area contributed by atoms with E-state index < -0.39 is 0 Å². The van der Waals surface area contributed by atoms with E-state index in [-0.39, 0.29) is 12.1 Å². The Morgan fingerprint density at radius 2 is 1.93 bits per heavy atom. The van der Waals surface area contributed by atoms with Gasteiger partial charge < -0.3 is 14.7 Å². The lowest BCUT2D eigenvalue weighted by Crippen LogP contribution is -2.34. The number of fused-ring (bicyclic) bond motifs is 1. The first kappa shape index (κ1) is 18.6. The van der Waals surface area contributed by atoms with E-state index in [0.29, 0.717) is 23.3 Å². The largest absolute Gasteiger partial charge is 0.337 e. The van der Waals surface area contributed by atoms with Crippen molar-refractivity contribution in [3.05, 3.63) is 77.6 Å². The molecule has 0 unspecified atom stereocenters. The number of anilines is 1. The number of aromatic nitrogens is 2. The monoisotopic (exact) mass is 418 g/mol. The molecule has 1 fully saturated rings. The summed E-state index contributed by atoms with van der Waals surface area (Å²) >= 11 is 6.06. The molecule has 7 heteroatoms. The molecule has 1 aliphatic rings. The lowest BCUT2D eigenvalue weighted by atomic mass is 10.1. The summed E-state index contributed by atoms with van der Waals surface area (Å²) in [6.45, 7) is 0.635. The van der Waals surface area contributed by atoms with Crippen LogP contribution < -0.4 is 5.32 Å². The molecule has 2 amide bonds. The number of hydrogen-bond acceptors (Lipinski definition) is 4. The first-order valence-corrected chi connectivity index (χ1v) is 10.2. The van der Waals surface area contributed by atoms with Gasteiger partial charge in [-0.25, -0.2) is 4.79 Å². The molecule has 30 heavy (non-hydrogen) atoms. The van der Waals surface area contributed by atoms with Gasteiger partial charge in [-0.2, -0.15) is 4.98 Å². The summed E-state index contributed by atoms with van der Waals surface area (Å²) < 4.78 is 5.52. The minimum absolute atomic E-state index is 0.170. The van der Waals surface area contributed by atoms with E-state index in [2.05, 4.69) is 15.5 Å². The zero-order valence-corrected chi connectivity index (χ0v) is 16.8. The maximum absolute atomic E-state index is 13.1. The van der Waals surface area contributed by atoms with Gasteiger partial charge in [0.05, 0.1) is 5.69 Å². The number of benzene rings is 3. The van der Waals surface area contributed by atoms with Crippen LogP contribution in [0.15, 0.2) is 71.3 Å². The van der Waals surface area contributed by atoms with Crippen LogP contribution in [0.2, 0.25) is 5.02 Å². The molecule has 0 spiro atoms. The van der Waals surface area contributed by atoms with Gasteiger partial charge in [0.1, 0.15) is 6.04 Å². The van der Waals surface area contributed by atoms with Crippen LogP contribution in [-0.2, 0) is 0 Å². The first-order chi connectivity index (χ1) is 14.7. The van der Waals surface area contributed by atoms with Gasteiger partial charge >= 0.3 is 6.03 Å². The number of nitrogens with one attached hydrogen (secondary N) is 1. The minimum atomic E-state index is -0.250. The van der Waals surface area contributed by atoms with Crippen LogP contribution in [0.5, 0.6) is 0 Å². The highest BCUT2D eigenvalue weighted by Gasteiger charge is 2.34. The Bertz CT molecular complexity index is 1220. The number of hydrogen-bond donors (Lipinski definition) is 1. The highest BCUT2D eigenvalue weighted by Crippen LogP contribution is 2.33. The molecular weight excluding hydrogens is 400 g/mol. The van der Waals surface area contributed by atoms with Crippen LogP contribution >= 0.6 is 11.6 Å². The quantitative estimate of drug-likeness (QED) is 0.448. The lowest BCUT2D eigenvalue weighted by molar-refractivity contribution is 0.193. The predicted octanol–water partition coefficient (Wildman–Crippen LogP) is 5.91. The van der Waals surface area contributed by atoms with Gasteiger partial charge in [0.15, 0.2) is 0 Å². The van der Waals surface area contributed by atoms with E-state index in [9.17, 15) is 4.79 Å². The summed E-state index contributed by atoms with van der Waals surface area (Å²) in [4.78, 5) is 19.4. The maximum atomic E-state index is 13.1. The Morgan fingerprint density at radius 3 is 2.83 bits per heavy atom. The molecule has 0 radical (unpaired) electrons. The molecule has 1 aromatic heterocycles. The van der Waals surface area contributed by atoms with E-state index in [1.165, 1.54) is 0 Å². The molecule has 1 N–H and O–H groups in total. The normalized spacial score (nSPS) is 16.2. The van der Waals surface area contributed by atoms with E-state index in [0.717, 1.165) is 34.9 Å². The predicted molar refractivity (Wildman–Crippen MR) is 116 cm³/mol.